The first kappa shape index (κ1) is 11.7. The lowest BCUT2D eigenvalue weighted by Gasteiger charge is -1.89. The van der Waals surface area contributed by atoms with Crippen molar-refractivity contribution in [3.8, 4) is 0 Å². The molecule has 0 nitrogen and oxygen atoms in total. The second-order valence-corrected chi connectivity index (χ2v) is 2.54. The van der Waals surface area contributed by atoms with Crippen LogP contribution in [0.25, 0.3) is 0 Å². The van der Waals surface area contributed by atoms with Gasteiger partial charge in [0.05, 0.1) is 0 Å². The van der Waals surface area contributed by atoms with Crippen molar-refractivity contribution in [3.05, 3.63) is 0 Å². The third-order valence-corrected chi connectivity index (χ3v) is 1.55. The van der Waals surface area contributed by atoms with E-state index in [2.05, 4.69) is 22.9 Å². The second kappa shape index (κ2) is 10.9. The zero-order chi connectivity index (χ0) is 5.54. The molecule has 0 fully saturated rings. The Morgan fingerprint density at radius 3 is 2.12 bits per heavy atom. The normalized spacial score (nSPS) is 8.25. The van der Waals surface area contributed by atoms with E-state index >= 15 is 0 Å². The first-order valence-electron chi connectivity index (χ1n) is 2.97. The van der Waals surface area contributed by atoms with Crippen LogP contribution < -0.4 is 0 Å². The molecule has 0 aromatic heterocycles. The first-order chi connectivity index (χ1) is 3.41. The lowest BCUT2D eigenvalue weighted by Crippen LogP contribution is -1.73. The number of hydrogen-bond acceptors (Lipinski definition) is 0. The van der Waals surface area contributed by atoms with Crippen molar-refractivity contribution in [2.24, 2.45) is 0 Å². The molecule has 0 amide bonds. The highest BCUT2D eigenvalue weighted by Crippen LogP contribution is 1.99. The quantitative estimate of drug-likeness (QED) is 0.525. The van der Waals surface area contributed by atoms with Crippen molar-refractivity contribution in [2.75, 3.05) is 5.33 Å². The van der Waals surface area contributed by atoms with Gasteiger partial charge in [-0.15, -0.1) is 17.0 Å². The third kappa shape index (κ3) is 10.0. The van der Waals surface area contributed by atoms with Crippen molar-refractivity contribution >= 4 is 32.9 Å². The van der Waals surface area contributed by atoms with Crippen LogP contribution in [0.5, 0.6) is 0 Å². The summed E-state index contributed by atoms with van der Waals surface area (Å²) < 4.78 is 0. The largest absolute Gasteiger partial charge is 0.114 e. The van der Waals surface area contributed by atoms with Crippen LogP contribution in [0.3, 0.4) is 0 Å². The fourth-order valence-electron chi connectivity index (χ4n) is 0.521. The average Bonchev–Trinajstić information content (AvgIpc) is 1.69. The highest BCUT2D eigenvalue weighted by Gasteiger charge is 1.81. The van der Waals surface area contributed by atoms with Crippen LogP contribution in [0.4, 0.5) is 0 Å². The summed E-state index contributed by atoms with van der Waals surface area (Å²) in [6.45, 7) is 2.23. The number of alkyl halides is 1. The first-order valence-corrected chi connectivity index (χ1v) is 4.10. The predicted octanol–water partition coefficient (Wildman–Crippen LogP) is 3.54. The fourth-order valence-corrected chi connectivity index (χ4v) is 0.918. The molecular formula is C6H14Br2. The Balaban J connectivity index is 0. The summed E-state index contributed by atoms with van der Waals surface area (Å²) in [5.41, 5.74) is 0. The van der Waals surface area contributed by atoms with E-state index in [4.69, 9.17) is 0 Å². The Hall–Kier alpha value is 0.960. The predicted molar refractivity (Wildman–Crippen MR) is 48.3 cm³/mol. The Labute approximate surface area is 70.9 Å². The van der Waals surface area contributed by atoms with E-state index in [9.17, 15) is 0 Å². The van der Waals surface area contributed by atoms with Gasteiger partial charge < -0.3 is 0 Å². The molecule has 0 saturated heterocycles. The van der Waals surface area contributed by atoms with E-state index in [1.807, 2.05) is 0 Å². The van der Waals surface area contributed by atoms with Crippen molar-refractivity contribution < 1.29 is 0 Å². The number of hydrogen-bond donors (Lipinski definition) is 0. The zero-order valence-corrected chi connectivity index (χ0v) is 8.62. The Kier molecular flexibility index (Phi) is 15.9. The monoisotopic (exact) mass is 244 g/mol. The topological polar surface area (TPSA) is 0 Å². The van der Waals surface area contributed by atoms with Gasteiger partial charge in [0.1, 0.15) is 0 Å². The summed E-state index contributed by atoms with van der Waals surface area (Å²) in [4.78, 5) is 0. The minimum Gasteiger partial charge on any atom is -0.114 e. The fraction of sp³-hybridized carbons (Fsp3) is 1.00. The standard InChI is InChI=1S/C6H13Br.BrH/c1-2-3-4-5-6-7;/h2-6H2,1H3;1H. The maximum absolute atomic E-state index is 3.38. The van der Waals surface area contributed by atoms with Crippen LogP contribution in [0.15, 0.2) is 0 Å². The highest BCUT2D eigenvalue weighted by atomic mass is 79.9. The summed E-state index contributed by atoms with van der Waals surface area (Å²) in [6, 6.07) is 0. The van der Waals surface area contributed by atoms with Gasteiger partial charge in [-0.25, -0.2) is 0 Å². The Bertz CT molecular complexity index is 25.7. The second-order valence-electron chi connectivity index (χ2n) is 1.75. The summed E-state index contributed by atoms with van der Waals surface area (Å²) in [6.07, 6.45) is 5.47. The van der Waals surface area contributed by atoms with Crippen LogP contribution in [-0.4, -0.2) is 5.33 Å². The van der Waals surface area contributed by atoms with Gasteiger partial charge in [-0.05, 0) is 6.42 Å². The number of halogens is 2. The number of rotatable bonds is 4. The maximum atomic E-state index is 3.38. The molecule has 0 atom stereocenters. The van der Waals surface area contributed by atoms with Gasteiger partial charge >= 0.3 is 0 Å². The van der Waals surface area contributed by atoms with E-state index < -0.39 is 0 Å². The molecule has 0 radical (unpaired) electrons. The van der Waals surface area contributed by atoms with Gasteiger partial charge in [0.2, 0.25) is 0 Å². The van der Waals surface area contributed by atoms with Gasteiger partial charge in [-0.2, -0.15) is 0 Å². The molecule has 8 heavy (non-hydrogen) atoms. The van der Waals surface area contributed by atoms with Crippen molar-refractivity contribution in [3.63, 3.8) is 0 Å². The van der Waals surface area contributed by atoms with Crippen LogP contribution in [0, 0.1) is 0 Å². The molecular weight excluding hydrogens is 232 g/mol. The molecule has 0 aliphatic carbocycles. The summed E-state index contributed by atoms with van der Waals surface area (Å²) >= 11 is 3.38. The van der Waals surface area contributed by atoms with Crippen LogP contribution in [0.2, 0.25) is 0 Å². The molecule has 0 aliphatic heterocycles. The van der Waals surface area contributed by atoms with Gasteiger partial charge in [-0.1, -0.05) is 42.1 Å². The summed E-state index contributed by atoms with van der Waals surface area (Å²) in [5.74, 6) is 0. The molecule has 0 aromatic carbocycles. The van der Waals surface area contributed by atoms with Gasteiger partial charge in [0.15, 0.2) is 0 Å². The van der Waals surface area contributed by atoms with Crippen LogP contribution >= 0.6 is 32.9 Å². The van der Waals surface area contributed by atoms with Crippen molar-refractivity contribution in [1.29, 1.82) is 0 Å². The Morgan fingerprint density at radius 1 is 1.12 bits per heavy atom. The van der Waals surface area contributed by atoms with E-state index in [0.29, 0.717) is 0 Å². The molecule has 0 aromatic rings. The molecule has 0 bridgehead atoms. The molecule has 0 unspecified atom stereocenters. The van der Waals surface area contributed by atoms with Gasteiger partial charge in [0, 0.05) is 5.33 Å². The van der Waals surface area contributed by atoms with E-state index in [-0.39, 0.29) is 17.0 Å². The molecule has 2 heteroatoms. The molecule has 0 N–H and O–H groups in total. The highest BCUT2D eigenvalue weighted by molar-refractivity contribution is 9.09. The molecule has 0 saturated carbocycles. The van der Waals surface area contributed by atoms with Crippen molar-refractivity contribution in [2.45, 2.75) is 32.6 Å². The molecule has 0 aliphatic rings. The molecule has 0 rings (SSSR count). The van der Waals surface area contributed by atoms with Crippen LogP contribution in [-0.2, 0) is 0 Å². The van der Waals surface area contributed by atoms with Crippen molar-refractivity contribution in [1.82, 2.24) is 0 Å². The molecule has 52 valence electrons. The minimum atomic E-state index is 0. The van der Waals surface area contributed by atoms with Gasteiger partial charge in [0.25, 0.3) is 0 Å². The van der Waals surface area contributed by atoms with E-state index in [0.717, 1.165) is 0 Å². The van der Waals surface area contributed by atoms with Crippen LogP contribution in [0.1, 0.15) is 32.6 Å². The Morgan fingerprint density at radius 2 is 1.75 bits per heavy atom. The van der Waals surface area contributed by atoms with E-state index in [1.165, 1.54) is 31.0 Å². The summed E-state index contributed by atoms with van der Waals surface area (Å²) in [5, 5.41) is 1.17. The van der Waals surface area contributed by atoms with Gasteiger partial charge in [-0.3, -0.25) is 0 Å². The van der Waals surface area contributed by atoms with E-state index in [1.54, 1.807) is 0 Å². The summed E-state index contributed by atoms with van der Waals surface area (Å²) in [7, 11) is 0. The SMILES string of the molecule is Br.CCCCCCBr. The lowest BCUT2D eigenvalue weighted by molar-refractivity contribution is 0.708. The zero-order valence-electron chi connectivity index (χ0n) is 5.32. The minimum absolute atomic E-state index is 0. The molecule has 0 heterocycles. The smallest absolute Gasteiger partial charge is 0.00313 e. The average molecular weight is 246 g/mol. The number of unbranched alkanes of at least 4 members (excludes halogenated alkanes) is 3. The lowest BCUT2D eigenvalue weighted by atomic mass is 10.2. The molecule has 0 spiro atoms. The third-order valence-electron chi connectivity index (χ3n) is 0.987. The maximum Gasteiger partial charge on any atom is 0.00313 e.